The fraction of sp³-hybridized carbons (Fsp3) is 0.214. The molecular formula is C14H15N5O4. The Kier molecular flexibility index (Phi) is 4.69. The number of carbonyl (C=O) groups excluding carboxylic acids is 2. The minimum absolute atomic E-state index is 0.127. The molecule has 1 aromatic carbocycles. The van der Waals surface area contributed by atoms with Gasteiger partial charge in [0.25, 0.3) is 0 Å². The van der Waals surface area contributed by atoms with Crippen LogP contribution in [-0.4, -0.2) is 26.5 Å². The van der Waals surface area contributed by atoms with Crippen LogP contribution in [0.2, 0.25) is 0 Å². The van der Waals surface area contributed by atoms with Crippen molar-refractivity contribution in [1.82, 2.24) is 9.78 Å². The topological polar surface area (TPSA) is 119 Å². The van der Waals surface area contributed by atoms with Crippen LogP contribution in [0.15, 0.2) is 30.5 Å². The minimum Gasteiger partial charge on any atom is -0.326 e. The quantitative estimate of drug-likeness (QED) is 0.642. The number of nitrogens with one attached hydrogen (secondary N) is 2. The summed E-state index contributed by atoms with van der Waals surface area (Å²) in [6, 6.07) is 6.58. The summed E-state index contributed by atoms with van der Waals surface area (Å²) in [5, 5.41) is 19.9. The average molecular weight is 317 g/mol. The molecule has 1 heterocycles. The molecule has 120 valence electrons. The van der Waals surface area contributed by atoms with E-state index in [2.05, 4.69) is 15.7 Å². The third-order valence-electron chi connectivity index (χ3n) is 2.91. The molecule has 0 unspecified atom stereocenters. The van der Waals surface area contributed by atoms with Gasteiger partial charge in [-0.1, -0.05) is 0 Å². The molecule has 2 amide bonds. The fourth-order valence-corrected chi connectivity index (χ4v) is 1.96. The number of nitro groups is 1. The minimum atomic E-state index is -0.544. The van der Waals surface area contributed by atoms with Crippen molar-refractivity contribution in [2.24, 2.45) is 0 Å². The molecule has 0 aliphatic rings. The van der Waals surface area contributed by atoms with E-state index in [1.54, 1.807) is 24.3 Å². The van der Waals surface area contributed by atoms with Crippen molar-refractivity contribution in [1.29, 1.82) is 0 Å². The highest BCUT2D eigenvalue weighted by molar-refractivity contribution is 5.92. The van der Waals surface area contributed by atoms with E-state index in [0.29, 0.717) is 11.4 Å². The van der Waals surface area contributed by atoms with E-state index in [0.717, 1.165) is 0 Å². The second-order valence-corrected chi connectivity index (χ2v) is 4.86. The molecule has 2 N–H and O–H groups in total. The smallest absolute Gasteiger partial charge is 0.309 e. The summed E-state index contributed by atoms with van der Waals surface area (Å²) < 4.78 is 1.22. The summed E-state index contributed by atoms with van der Waals surface area (Å²) in [5.41, 5.74) is 1.29. The number of anilines is 2. The lowest BCUT2D eigenvalue weighted by Gasteiger charge is -2.07. The summed E-state index contributed by atoms with van der Waals surface area (Å²) in [5.74, 6) is -0.549. The van der Waals surface area contributed by atoms with Crippen molar-refractivity contribution in [3.05, 3.63) is 46.3 Å². The van der Waals surface area contributed by atoms with E-state index < -0.39 is 4.92 Å². The van der Waals surface area contributed by atoms with Gasteiger partial charge < -0.3 is 10.6 Å². The van der Waals surface area contributed by atoms with Gasteiger partial charge in [0.1, 0.15) is 18.4 Å². The predicted octanol–water partition coefficient (Wildman–Crippen LogP) is 1.70. The van der Waals surface area contributed by atoms with Gasteiger partial charge in [-0.05, 0) is 31.2 Å². The van der Waals surface area contributed by atoms with Gasteiger partial charge in [-0.2, -0.15) is 5.10 Å². The van der Waals surface area contributed by atoms with Gasteiger partial charge in [-0.15, -0.1) is 0 Å². The lowest BCUT2D eigenvalue weighted by atomic mass is 10.2. The highest BCUT2D eigenvalue weighted by Crippen LogP contribution is 2.16. The van der Waals surface area contributed by atoms with Crippen LogP contribution in [0, 0.1) is 17.0 Å². The molecule has 9 nitrogen and oxygen atoms in total. The van der Waals surface area contributed by atoms with Crippen molar-refractivity contribution in [2.45, 2.75) is 20.4 Å². The van der Waals surface area contributed by atoms with E-state index in [4.69, 9.17) is 0 Å². The van der Waals surface area contributed by atoms with Crippen LogP contribution in [0.1, 0.15) is 12.6 Å². The number of rotatable bonds is 5. The number of carbonyl (C=O) groups is 2. The largest absolute Gasteiger partial charge is 0.326 e. The van der Waals surface area contributed by atoms with Crippen LogP contribution in [0.3, 0.4) is 0 Å². The Balaban J connectivity index is 1.98. The molecule has 9 heteroatoms. The maximum atomic E-state index is 11.9. The van der Waals surface area contributed by atoms with Crippen molar-refractivity contribution in [3.63, 3.8) is 0 Å². The first-order valence-electron chi connectivity index (χ1n) is 6.71. The Labute approximate surface area is 131 Å². The monoisotopic (exact) mass is 317 g/mol. The summed E-state index contributed by atoms with van der Waals surface area (Å²) in [7, 11) is 0. The number of aryl methyl sites for hydroxylation is 1. The lowest BCUT2D eigenvalue weighted by Crippen LogP contribution is -2.19. The SMILES string of the molecule is CC(=O)Nc1ccc(NC(=O)Cn2cc([N+](=O)[O-])c(C)n2)cc1. The zero-order valence-electron chi connectivity index (χ0n) is 12.6. The number of hydrogen-bond acceptors (Lipinski definition) is 5. The Morgan fingerprint density at radius 1 is 1.22 bits per heavy atom. The maximum absolute atomic E-state index is 11.9. The van der Waals surface area contributed by atoms with E-state index in [-0.39, 0.29) is 29.7 Å². The molecule has 0 saturated carbocycles. The molecule has 23 heavy (non-hydrogen) atoms. The number of aromatic nitrogens is 2. The number of amides is 2. The van der Waals surface area contributed by atoms with E-state index >= 15 is 0 Å². The van der Waals surface area contributed by atoms with Crippen molar-refractivity contribution < 1.29 is 14.5 Å². The first-order chi connectivity index (χ1) is 10.8. The normalized spacial score (nSPS) is 10.2. The van der Waals surface area contributed by atoms with Crippen molar-refractivity contribution in [3.8, 4) is 0 Å². The van der Waals surface area contributed by atoms with Crippen LogP contribution >= 0.6 is 0 Å². The standard InChI is InChI=1S/C14H15N5O4/c1-9-13(19(22)23)7-18(17-9)8-14(21)16-12-5-3-11(4-6-12)15-10(2)20/h3-7H,8H2,1-2H3,(H,15,20)(H,16,21). The van der Waals surface area contributed by atoms with Gasteiger partial charge in [0.2, 0.25) is 11.8 Å². The molecule has 2 aromatic rings. The van der Waals surface area contributed by atoms with Gasteiger partial charge in [0.15, 0.2) is 0 Å². The Bertz CT molecular complexity index is 751. The zero-order valence-corrected chi connectivity index (χ0v) is 12.6. The first-order valence-corrected chi connectivity index (χ1v) is 6.71. The molecule has 0 atom stereocenters. The molecule has 0 bridgehead atoms. The summed E-state index contributed by atoms with van der Waals surface area (Å²) >= 11 is 0. The highest BCUT2D eigenvalue weighted by atomic mass is 16.6. The van der Waals surface area contributed by atoms with Crippen LogP contribution in [0.5, 0.6) is 0 Å². The molecule has 0 saturated heterocycles. The van der Waals surface area contributed by atoms with Gasteiger partial charge in [-0.25, -0.2) is 0 Å². The highest BCUT2D eigenvalue weighted by Gasteiger charge is 2.16. The van der Waals surface area contributed by atoms with E-state index in [9.17, 15) is 19.7 Å². The molecule has 0 aliphatic heterocycles. The van der Waals surface area contributed by atoms with Gasteiger partial charge in [-0.3, -0.25) is 24.4 Å². The van der Waals surface area contributed by atoms with E-state index in [1.165, 1.54) is 24.7 Å². The number of hydrogen-bond donors (Lipinski definition) is 2. The summed E-state index contributed by atoms with van der Waals surface area (Å²) in [4.78, 5) is 33.0. The number of benzene rings is 1. The van der Waals surface area contributed by atoms with Gasteiger partial charge >= 0.3 is 5.69 Å². The lowest BCUT2D eigenvalue weighted by molar-refractivity contribution is -0.385. The molecule has 0 aliphatic carbocycles. The van der Waals surface area contributed by atoms with Crippen molar-refractivity contribution >= 4 is 28.9 Å². The van der Waals surface area contributed by atoms with Crippen LogP contribution in [0.4, 0.5) is 17.1 Å². The number of nitrogens with zero attached hydrogens (tertiary/aromatic N) is 3. The molecule has 0 radical (unpaired) electrons. The molecule has 0 fully saturated rings. The molecule has 0 spiro atoms. The molecule has 2 rings (SSSR count). The maximum Gasteiger partial charge on any atom is 0.309 e. The third-order valence-corrected chi connectivity index (χ3v) is 2.91. The summed E-state index contributed by atoms with van der Waals surface area (Å²) in [6.45, 7) is 2.77. The Morgan fingerprint density at radius 2 is 1.78 bits per heavy atom. The Hall–Kier alpha value is -3.23. The fourth-order valence-electron chi connectivity index (χ4n) is 1.96. The van der Waals surface area contributed by atoms with Crippen LogP contribution in [-0.2, 0) is 16.1 Å². The predicted molar refractivity (Wildman–Crippen MR) is 83.0 cm³/mol. The second-order valence-electron chi connectivity index (χ2n) is 4.86. The van der Waals surface area contributed by atoms with E-state index in [1.807, 2.05) is 0 Å². The molecular weight excluding hydrogens is 302 g/mol. The van der Waals surface area contributed by atoms with Gasteiger partial charge in [0.05, 0.1) is 4.92 Å². The summed E-state index contributed by atoms with van der Waals surface area (Å²) in [6.07, 6.45) is 1.22. The zero-order chi connectivity index (χ0) is 17.0. The second kappa shape index (κ2) is 6.69. The van der Waals surface area contributed by atoms with Gasteiger partial charge in [0, 0.05) is 18.3 Å². The van der Waals surface area contributed by atoms with Crippen molar-refractivity contribution in [2.75, 3.05) is 10.6 Å². The average Bonchev–Trinajstić information content (AvgIpc) is 2.81. The third kappa shape index (κ3) is 4.37. The Morgan fingerprint density at radius 3 is 2.26 bits per heavy atom. The molecule has 1 aromatic heterocycles. The van der Waals surface area contributed by atoms with Crippen LogP contribution < -0.4 is 10.6 Å². The van der Waals surface area contributed by atoms with Crippen LogP contribution in [0.25, 0.3) is 0 Å². The first kappa shape index (κ1) is 16.1.